The molecule has 0 aliphatic rings. The van der Waals surface area contributed by atoms with Crippen molar-refractivity contribution in [1.29, 1.82) is 5.41 Å². The van der Waals surface area contributed by atoms with Gasteiger partial charge in [0.05, 0.1) is 12.2 Å². The first-order valence-corrected chi connectivity index (χ1v) is 10.5. The van der Waals surface area contributed by atoms with E-state index in [2.05, 4.69) is 0 Å². The molecule has 3 aromatic carbocycles. The third kappa shape index (κ3) is 4.77. The van der Waals surface area contributed by atoms with Gasteiger partial charge in [-0.3, -0.25) is 5.41 Å². The second kappa shape index (κ2) is 9.40. The van der Waals surface area contributed by atoms with Crippen LogP contribution in [-0.2, 0) is 11.3 Å². The van der Waals surface area contributed by atoms with Gasteiger partial charge in [-0.05, 0) is 61.0 Å². The molecule has 0 unspecified atom stereocenters. The molecule has 0 spiro atoms. The Hall–Kier alpha value is -4.39. The minimum Gasteiger partial charge on any atom is -0.461 e. The number of carbonyl (C=O) groups is 2. The third-order valence-electron chi connectivity index (χ3n) is 5.20. The Kier molecular flexibility index (Phi) is 6.22. The van der Waals surface area contributed by atoms with Gasteiger partial charge in [0.1, 0.15) is 17.3 Å². The van der Waals surface area contributed by atoms with E-state index in [4.69, 9.17) is 20.6 Å². The van der Waals surface area contributed by atoms with E-state index >= 15 is 0 Å². The molecule has 4 aromatic rings. The molecule has 0 aliphatic heterocycles. The van der Waals surface area contributed by atoms with Gasteiger partial charge in [0, 0.05) is 23.0 Å². The van der Waals surface area contributed by atoms with Gasteiger partial charge in [0.15, 0.2) is 0 Å². The predicted molar refractivity (Wildman–Crippen MR) is 126 cm³/mol. The Morgan fingerprint density at radius 3 is 2.24 bits per heavy atom. The van der Waals surface area contributed by atoms with Crippen molar-refractivity contribution in [1.82, 2.24) is 4.57 Å². The molecule has 7 heteroatoms. The third-order valence-corrected chi connectivity index (χ3v) is 5.20. The van der Waals surface area contributed by atoms with Crippen LogP contribution < -0.4 is 10.5 Å². The number of nitrogens with two attached hydrogens (primary N) is 1. The maximum atomic E-state index is 12.5. The van der Waals surface area contributed by atoms with Crippen molar-refractivity contribution in [3.05, 3.63) is 101 Å². The fourth-order valence-corrected chi connectivity index (χ4v) is 3.55. The average Bonchev–Trinajstić information content (AvgIpc) is 3.18. The zero-order valence-electron chi connectivity index (χ0n) is 18.1. The first-order chi connectivity index (χ1) is 16.0. The molecule has 0 bridgehead atoms. The number of hydrogen-bond acceptors (Lipinski definition) is 5. The molecule has 166 valence electrons. The highest BCUT2D eigenvalue weighted by atomic mass is 16.5. The van der Waals surface area contributed by atoms with Crippen LogP contribution in [0.5, 0.6) is 5.75 Å². The van der Waals surface area contributed by atoms with Crippen LogP contribution in [0.25, 0.3) is 10.9 Å². The summed E-state index contributed by atoms with van der Waals surface area (Å²) in [4.78, 5) is 25.0. The second-order valence-electron chi connectivity index (χ2n) is 7.42. The smallest absolute Gasteiger partial charge is 0.354 e. The van der Waals surface area contributed by atoms with Gasteiger partial charge in [-0.2, -0.15) is 0 Å². The largest absolute Gasteiger partial charge is 0.461 e. The zero-order valence-corrected chi connectivity index (χ0v) is 18.1. The van der Waals surface area contributed by atoms with Crippen molar-refractivity contribution in [3.63, 3.8) is 0 Å². The van der Waals surface area contributed by atoms with Crippen LogP contribution in [0.3, 0.4) is 0 Å². The van der Waals surface area contributed by atoms with Crippen molar-refractivity contribution >= 4 is 28.7 Å². The quantitative estimate of drug-likeness (QED) is 0.192. The first-order valence-electron chi connectivity index (χ1n) is 10.5. The molecule has 4 rings (SSSR count). The Balaban J connectivity index is 1.52. The first kappa shape index (κ1) is 21.8. The van der Waals surface area contributed by atoms with E-state index in [-0.39, 0.29) is 11.8 Å². The number of benzene rings is 3. The van der Waals surface area contributed by atoms with E-state index in [1.807, 2.05) is 47.0 Å². The van der Waals surface area contributed by atoms with E-state index in [1.54, 1.807) is 43.3 Å². The number of nitrogen functional groups attached to an aromatic ring is 1. The van der Waals surface area contributed by atoms with Crippen molar-refractivity contribution in [3.8, 4) is 5.75 Å². The van der Waals surface area contributed by atoms with Crippen molar-refractivity contribution in [2.75, 3.05) is 6.61 Å². The highest BCUT2D eigenvalue weighted by Gasteiger charge is 2.17. The summed E-state index contributed by atoms with van der Waals surface area (Å²) in [6.07, 6.45) is 0. The number of ether oxygens (including phenoxy) is 2. The van der Waals surface area contributed by atoms with E-state index in [0.29, 0.717) is 35.7 Å². The van der Waals surface area contributed by atoms with Gasteiger partial charge in [0.2, 0.25) is 0 Å². The van der Waals surface area contributed by atoms with Crippen LogP contribution in [0, 0.1) is 5.41 Å². The summed E-state index contributed by atoms with van der Waals surface area (Å²) in [6, 6.07) is 23.1. The molecular weight excluding hydrogens is 418 g/mol. The summed E-state index contributed by atoms with van der Waals surface area (Å²) < 4.78 is 12.5. The van der Waals surface area contributed by atoms with Gasteiger partial charge in [-0.15, -0.1) is 0 Å². The summed E-state index contributed by atoms with van der Waals surface area (Å²) in [7, 11) is 0. The van der Waals surface area contributed by atoms with Crippen LogP contribution in [-0.4, -0.2) is 28.9 Å². The maximum absolute atomic E-state index is 12.5. The minimum absolute atomic E-state index is 0.0509. The molecule has 0 fully saturated rings. The summed E-state index contributed by atoms with van der Waals surface area (Å²) in [5, 5.41) is 8.37. The number of carbonyl (C=O) groups excluding carboxylic acids is 2. The summed E-state index contributed by atoms with van der Waals surface area (Å²) in [6.45, 7) is 2.53. The van der Waals surface area contributed by atoms with E-state index in [9.17, 15) is 9.59 Å². The number of para-hydroxylation sites is 1. The molecule has 0 aliphatic carbocycles. The highest BCUT2D eigenvalue weighted by Crippen LogP contribution is 2.22. The standard InChI is InChI=1S/C26H23N3O4/c1-2-32-26(31)23-15-20-5-3-4-6-22(20)29(23)16-17-7-9-19(10-8-17)25(30)33-21-13-11-18(12-14-21)24(27)28/h3-15H,2,16H2,1H3,(H3,27,28). The Bertz CT molecular complexity index is 1320. The zero-order chi connectivity index (χ0) is 23.4. The molecule has 0 radical (unpaired) electrons. The van der Waals surface area contributed by atoms with Crippen LogP contribution >= 0.6 is 0 Å². The molecular formula is C26H23N3O4. The van der Waals surface area contributed by atoms with Crippen LogP contribution in [0.4, 0.5) is 0 Å². The fourth-order valence-electron chi connectivity index (χ4n) is 3.55. The topological polar surface area (TPSA) is 107 Å². The lowest BCUT2D eigenvalue weighted by molar-refractivity contribution is 0.0514. The Labute approximate surface area is 190 Å². The van der Waals surface area contributed by atoms with Gasteiger partial charge < -0.3 is 19.8 Å². The van der Waals surface area contributed by atoms with Crippen LogP contribution in [0.15, 0.2) is 78.9 Å². The van der Waals surface area contributed by atoms with Crippen LogP contribution in [0.1, 0.15) is 38.9 Å². The molecule has 0 saturated heterocycles. The molecule has 7 nitrogen and oxygen atoms in total. The molecule has 0 amide bonds. The van der Waals surface area contributed by atoms with Gasteiger partial charge >= 0.3 is 11.9 Å². The predicted octanol–water partition coefficient (Wildman–Crippen LogP) is 4.37. The van der Waals surface area contributed by atoms with Crippen molar-refractivity contribution in [2.45, 2.75) is 13.5 Å². The van der Waals surface area contributed by atoms with Crippen molar-refractivity contribution in [2.24, 2.45) is 5.73 Å². The van der Waals surface area contributed by atoms with Gasteiger partial charge in [-0.1, -0.05) is 30.3 Å². The molecule has 0 atom stereocenters. The number of fused-ring (bicyclic) bond motifs is 1. The number of aromatic nitrogens is 1. The monoisotopic (exact) mass is 441 g/mol. The Morgan fingerprint density at radius 1 is 0.909 bits per heavy atom. The van der Waals surface area contributed by atoms with Crippen LogP contribution in [0.2, 0.25) is 0 Å². The van der Waals surface area contributed by atoms with Gasteiger partial charge in [-0.25, -0.2) is 9.59 Å². The molecule has 0 saturated carbocycles. The number of rotatable bonds is 7. The fraction of sp³-hybridized carbons (Fsp3) is 0.115. The number of hydrogen-bond donors (Lipinski definition) is 2. The Morgan fingerprint density at radius 2 is 1.58 bits per heavy atom. The molecule has 3 N–H and O–H groups in total. The molecule has 1 aromatic heterocycles. The summed E-state index contributed by atoms with van der Waals surface area (Å²) in [5.74, 6) is -0.544. The average molecular weight is 441 g/mol. The number of amidine groups is 1. The number of nitrogens with one attached hydrogen (secondary N) is 1. The van der Waals surface area contributed by atoms with Gasteiger partial charge in [0.25, 0.3) is 0 Å². The molecule has 33 heavy (non-hydrogen) atoms. The lowest BCUT2D eigenvalue weighted by Gasteiger charge is -2.11. The number of esters is 2. The lowest BCUT2D eigenvalue weighted by Crippen LogP contribution is -2.13. The second-order valence-corrected chi connectivity index (χ2v) is 7.42. The summed E-state index contributed by atoms with van der Waals surface area (Å²) >= 11 is 0. The molecule has 1 heterocycles. The van der Waals surface area contributed by atoms with E-state index < -0.39 is 5.97 Å². The van der Waals surface area contributed by atoms with Crippen molar-refractivity contribution < 1.29 is 19.1 Å². The minimum atomic E-state index is -0.490. The highest BCUT2D eigenvalue weighted by molar-refractivity contribution is 5.96. The van der Waals surface area contributed by atoms with E-state index in [0.717, 1.165) is 16.5 Å². The lowest BCUT2D eigenvalue weighted by atomic mass is 10.1. The SMILES string of the molecule is CCOC(=O)c1cc2ccccc2n1Cc1ccc(C(=O)Oc2ccc(C(=N)N)cc2)cc1. The van der Waals surface area contributed by atoms with E-state index in [1.165, 1.54) is 0 Å². The maximum Gasteiger partial charge on any atom is 0.354 e. The summed E-state index contributed by atoms with van der Waals surface area (Å²) in [5.41, 5.74) is 8.72. The normalized spacial score (nSPS) is 10.7. The number of nitrogens with zero attached hydrogens (tertiary/aromatic N) is 1.